The Balaban J connectivity index is 2.19. The summed E-state index contributed by atoms with van der Waals surface area (Å²) in [6.45, 7) is 2.57. The molecule has 8 nitrogen and oxygen atoms in total. The van der Waals surface area contributed by atoms with E-state index in [2.05, 4.69) is 12.2 Å². The fourth-order valence-electron chi connectivity index (χ4n) is 4.26. The number of nitrogens with zero attached hydrogens (tertiary/aromatic N) is 2. The van der Waals surface area contributed by atoms with Gasteiger partial charge in [-0.2, -0.15) is 0 Å². The second-order valence-corrected chi connectivity index (χ2v) is 8.73. The van der Waals surface area contributed by atoms with Crippen molar-refractivity contribution in [2.24, 2.45) is 5.92 Å². The van der Waals surface area contributed by atoms with E-state index in [-0.39, 0.29) is 36.8 Å². The van der Waals surface area contributed by atoms with E-state index in [9.17, 15) is 19.5 Å². The number of rotatable bonds is 13. The summed E-state index contributed by atoms with van der Waals surface area (Å²) in [4.78, 5) is 45.8. The van der Waals surface area contributed by atoms with Gasteiger partial charge in [0, 0.05) is 32.4 Å². The van der Waals surface area contributed by atoms with Crippen LogP contribution in [-0.4, -0.2) is 72.2 Å². The zero-order valence-electron chi connectivity index (χ0n) is 20.2. The average molecular weight is 462 g/mol. The number of benzene rings is 1. The summed E-state index contributed by atoms with van der Waals surface area (Å²) in [5.41, 5.74) is 0.939. The summed E-state index contributed by atoms with van der Waals surface area (Å²) in [6.07, 6.45) is 5.34. The quantitative estimate of drug-likeness (QED) is 0.347. The number of hydrogen-bond acceptors (Lipinski definition) is 5. The maximum atomic E-state index is 13.4. The molecule has 184 valence electrons. The van der Waals surface area contributed by atoms with Crippen LogP contribution in [0.1, 0.15) is 57.4 Å². The lowest BCUT2D eigenvalue weighted by molar-refractivity contribution is -0.170. The van der Waals surface area contributed by atoms with Crippen LogP contribution < -0.4 is 5.32 Å². The molecule has 2 N–H and O–H groups in total. The van der Waals surface area contributed by atoms with Crippen LogP contribution >= 0.6 is 0 Å². The summed E-state index contributed by atoms with van der Waals surface area (Å²) in [5.74, 6) is -1.30. The van der Waals surface area contributed by atoms with Crippen LogP contribution in [0.5, 0.6) is 0 Å². The van der Waals surface area contributed by atoms with E-state index in [1.807, 2.05) is 30.3 Å². The molecular formula is C25H39N3O5. The first-order valence-corrected chi connectivity index (χ1v) is 12.0. The predicted octanol–water partition coefficient (Wildman–Crippen LogP) is 2.30. The van der Waals surface area contributed by atoms with Gasteiger partial charge >= 0.3 is 0 Å². The average Bonchev–Trinajstić information content (AvgIpc) is 3.31. The Bertz CT molecular complexity index is 758. The van der Waals surface area contributed by atoms with Gasteiger partial charge in [0.2, 0.25) is 17.7 Å². The molecule has 1 aromatic carbocycles. The predicted molar refractivity (Wildman–Crippen MR) is 126 cm³/mol. The van der Waals surface area contributed by atoms with Gasteiger partial charge in [-0.15, -0.1) is 0 Å². The van der Waals surface area contributed by atoms with E-state index in [1.54, 1.807) is 4.90 Å². The van der Waals surface area contributed by atoms with Gasteiger partial charge in [-0.3, -0.25) is 19.2 Å². The van der Waals surface area contributed by atoms with E-state index >= 15 is 0 Å². The molecule has 8 heteroatoms. The van der Waals surface area contributed by atoms with Crippen LogP contribution in [0, 0.1) is 5.92 Å². The SMILES string of the molecule is CCCCC[C@H](CC(=O)N(C)OC)C(=O)N[C@@H](Cc1ccccc1)C(=O)N1CCC[C@H]1CO. The number of aliphatic hydroxyl groups is 1. The molecular weight excluding hydrogens is 422 g/mol. The monoisotopic (exact) mass is 461 g/mol. The lowest BCUT2D eigenvalue weighted by Gasteiger charge is -2.29. The van der Waals surface area contributed by atoms with Crippen molar-refractivity contribution < 1.29 is 24.3 Å². The Morgan fingerprint density at radius 2 is 1.97 bits per heavy atom. The number of carbonyl (C=O) groups is 3. The fraction of sp³-hybridized carbons (Fsp3) is 0.640. The number of hydroxylamine groups is 2. The summed E-state index contributed by atoms with van der Waals surface area (Å²) in [5, 5.41) is 13.8. The molecule has 33 heavy (non-hydrogen) atoms. The van der Waals surface area contributed by atoms with E-state index in [0.717, 1.165) is 42.7 Å². The minimum absolute atomic E-state index is 0.0229. The Morgan fingerprint density at radius 3 is 2.61 bits per heavy atom. The van der Waals surface area contributed by atoms with Crippen molar-refractivity contribution in [2.45, 2.75) is 70.4 Å². The molecule has 3 amide bonds. The van der Waals surface area contributed by atoms with Gasteiger partial charge in [-0.05, 0) is 24.8 Å². The number of likely N-dealkylation sites (tertiary alicyclic amines) is 1. The first kappa shape index (κ1) is 26.8. The molecule has 1 aromatic rings. The second kappa shape index (κ2) is 14.0. The highest BCUT2D eigenvalue weighted by atomic mass is 16.7. The summed E-state index contributed by atoms with van der Waals surface area (Å²) < 4.78 is 0. The minimum atomic E-state index is -0.754. The molecule has 1 saturated heterocycles. The van der Waals surface area contributed by atoms with Crippen molar-refractivity contribution in [1.29, 1.82) is 0 Å². The van der Waals surface area contributed by atoms with Crippen molar-refractivity contribution in [2.75, 3.05) is 27.3 Å². The number of carbonyl (C=O) groups excluding carboxylic acids is 3. The van der Waals surface area contributed by atoms with Crippen molar-refractivity contribution in [1.82, 2.24) is 15.3 Å². The maximum Gasteiger partial charge on any atom is 0.246 e. The molecule has 3 atom stereocenters. The zero-order valence-corrected chi connectivity index (χ0v) is 20.2. The second-order valence-electron chi connectivity index (χ2n) is 8.73. The van der Waals surface area contributed by atoms with Gasteiger partial charge in [-0.1, -0.05) is 56.5 Å². The van der Waals surface area contributed by atoms with Crippen LogP contribution in [0.4, 0.5) is 0 Å². The third-order valence-corrected chi connectivity index (χ3v) is 6.34. The smallest absolute Gasteiger partial charge is 0.246 e. The highest BCUT2D eigenvalue weighted by Crippen LogP contribution is 2.21. The van der Waals surface area contributed by atoms with Crippen molar-refractivity contribution >= 4 is 17.7 Å². The van der Waals surface area contributed by atoms with Crippen molar-refractivity contribution in [3.8, 4) is 0 Å². The third kappa shape index (κ3) is 8.12. The first-order chi connectivity index (χ1) is 15.9. The normalized spacial score (nSPS) is 17.5. The Kier molecular flexibility index (Phi) is 11.3. The largest absolute Gasteiger partial charge is 0.394 e. The van der Waals surface area contributed by atoms with E-state index < -0.39 is 12.0 Å². The van der Waals surface area contributed by atoms with Crippen LogP contribution in [0.15, 0.2) is 30.3 Å². The molecule has 1 aliphatic rings. The summed E-state index contributed by atoms with van der Waals surface area (Å²) >= 11 is 0. The van der Waals surface area contributed by atoms with Gasteiger partial charge in [0.05, 0.1) is 19.8 Å². The van der Waals surface area contributed by atoms with Crippen LogP contribution in [-0.2, 0) is 25.6 Å². The molecule has 0 bridgehead atoms. The van der Waals surface area contributed by atoms with E-state index in [1.165, 1.54) is 14.2 Å². The highest BCUT2D eigenvalue weighted by Gasteiger charge is 2.35. The van der Waals surface area contributed by atoms with Gasteiger partial charge in [0.1, 0.15) is 6.04 Å². The molecule has 1 aliphatic heterocycles. The maximum absolute atomic E-state index is 13.4. The molecule has 0 unspecified atom stereocenters. The topological polar surface area (TPSA) is 99.2 Å². The van der Waals surface area contributed by atoms with Gasteiger partial charge in [0.25, 0.3) is 0 Å². The minimum Gasteiger partial charge on any atom is -0.394 e. The van der Waals surface area contributed by atoms with Crippen molar-refractivity contribution in [3.05, 3.63) is 35.9 Å². The molecule has 2 rings (SSSR count). The number of hydrogen-bond donors (Lipinski definition) is 2. The zero-order chi connectivity index (χ0) is 24.2. The van der Waals surface area contributed by atoms with Crippen LogP contribution in [0.3, 0.4) is 0 Å². The number of unbranched alkanes of at least 4 members (excludes halogenated alkanes) is 2. The number of aliphatic hydroxyl groups excluding tert-OH is 1. The molecule has 1 fully saturated rings. The van der Waals surface area contributed by atoms with Gasteiger partial charge < -0.3 is 15.3 Å². The molecule has 0 spiro atoms. The lowest BCUT2D eigenvalue weighted by Crippen LogP contribution is -2.53. The van der Waals surface area contributed by atoms with Gasteiger partial charge in [0.15, 0.2) is 0 Å². The Labute approximate surface area is 197 Å². The molecule has 0 radical (unpaired) electrons. The van der Waals surface area contributed by atoms with Crippen LogP contribution in [0.25, 0.3) is 0 Å². The summed E-state index contributed by atoms with van der Waals surface area (Å²) in [7, 11) is 2.93. The lowest BCUT2D eigenvalue weighted by atomic mass is 9.95. The van der Waals surface area contributed by atoms with E-state index in [4.69, 9.17) is 4.84 Å². The molecule has 1 heterocycles. The number of amides is 3. The van der Waals surface area contributed by atoms with Crippen molar-refractivity contribution in [3.63, 3.8) is 0 Å². The standard InChI is InChI=1S/C25H39N3O5/c1-4-5-7-13-20(17-23(30)27(2)33-3)24(31)26-22(16-19-11-8-6-9-12-19)25(32)28-15-10-14-21(28)18-29/h6,8-9,11-12,20-22,29H,4-5,7,10,13-18H2,1-3H3,(H,26,31)/t20-,21+,22+/m1/s1. The molecule has 0 saturated carbocycles. The fourth-order valence-corrected chi connectivity index (χ4v) is 4.26. The molecule has 0 aromatic heterocycles. The highest BCUT2D eigenvalue weighted by molar-refractivity contribution is 5.91. The van der Waals surface area contributed by atoms with Gasteiger partial charge in [-0.25, -0.2) is 5.06 Å². The van der Waals surface area contributed by atoms with Crippen LogP contribution in [0.2, 0.25) is 0 Å². The Morgan fingerprint density at radius 1 is 1.24 bits per heavy atom. The summed E-state index contributed by atoms with van der Waals surface area (Å²) in [6, 6.07) is 8.59. The van der Waals surface area contributed by atoms with E-state index in [0.29, 0.717) is 19.4 Å². The number of nitrogens with one attached hydrogen (secondary N) is 1. The first-order valence-electron chi connectivity index (χ1n) is 12.0. The molecule has 0 aliphatic carbocycles. The Hall–Kier alpha value is -2.45. The third-order valence-electron chi connectivity index (χ3n) is 6.34.